The number of nitrogens with two attached hydrogens (primary N) is 1. The highest BCUT2D eigenvalue weighted by atomic mass is 19.1. The van der Waals surface area contributed by atoms with Gasteiger partial charge in [-0.1, -0.05) is 0 Å². The summed E-state index contributed by atoms with van der Waals surface area (Å²) in [6.07, 6.45) is -22.7. The Labute approximate surface area is 229 Å². The van der Waals surface area contributed by atoms with E-state index in [1.54, 1.807) is 0 Å². The van der Waals surface area contributed by atoms with Crippen molar-refractivity contribution in [1.82, 2.24) is 0 Å². The maximum atomic E-state index is 13.9. The van der Waals surface area contributed by atoms with Crippen molar-refractivity contribution in [3.8, 4) is 0 Å². The fourth-order valence-electron chi connectivity index (χ4n) is 4.78. The van der Waals surface area contributed by atoms with Crippen molar-refractivity contribution >= 4 is 0 Å². The minimum absolute atomic E-state index is 0.156. The first-order valence-electron chi connectivity index (χ1n) is 13.2. The Morgan fingerprint density at radius 2 is 1.07 bits per heavy atom. The van der Waals surface area contributed by atoms with Gasteiger partial charge in [0.05, 0.1) is 13.2 Å². The molecule has 0 spiro atoms. The number of alkyl halides is 1. The normalized spacial score (nSPS) is 46.4. The third-order valence-corrected chi connectivity index (χ3v) is 7.17. The van der Waals surface area contributed by atoms with Crippen LogP contribution >= 0.6 is 0 Å². The van der Waals surface area contributed by atoms with Crippen LogP contribution in [0, 0.1) is 0 Å². The zero-order valence-electron chi connectivity index (χ0n) is 21.7. The monoisotopic (exact) mass is 591 g/mol. The van der Waals surface area contributed by atoms with Crippen LogP contribution < -0.4 is 5.73 Å². The molecule has 3 fully saturated rings. The topological polar surface area (TPSA) is 263 Å². The fraction of sp³-hybridized carbons (Fsp3) is 1.00. The number of hydrogen-bond acceptors (Lipinski definition) is 16. The zero-order chi connectivity index (χ0) is 29.6. The van der Waals surface area contributed by atoms with E-state index in [0.29, 0.717) is 13.0 Å². The molecule has 0 aliphatic carbocycles. The third kappa shape index (κ3) is 7.62. The number of hydrogen-bond donors (Lipinski definition) is 10. The molecule has 40 heavy (non-hydrogen) atoms. The Bertz CT molecular complexity index is 738. The van der Waals surface area contributed by atoms with E-state index in [2.05, 4.69) is 0 Å². The summed E-state index contributed by atoms with van der Waals surface area (Å²) in [4.78, 5) is 0. The maximum Gasteiger partial charge on any atom is 0.187 e. The molecule has 0 aromatic heterocycles. The van der Waals surface area contributed by atoms with E-state index in [9.17, 15) is 50.3 Å². The fourth-order valence-corrected chi connectivity index (χ4v) is 4.78. The van der Waals surface area contributed by atoms with Crippen LogP contribution in [0.3, 0.4) is 0 Å². The molecule has 0 aromatic rings. The number of aliphatic hydroxyl groups is 9. The van der Waals surface area contributed by atoms with Gasteiger partial charge in [0.2, 0.25) is 0 Å². The number of ether oxygens (including phenoxy) is 6. The molecule has 11 N–H and O–H groups in total. The Kier molecular flexibility index (Phi) is 13.2. The van der Waals surface area contributed by atoms with Gasteiger partial charge in [0.1, 0.15) is 79.9 Å². The molecule has 236 valence electrons. The molecular weight excluding hydrogens is 549 g/mol. The minimum Gasteiger partial charge on any atom is -0.394 e. The highest BCUT2D eigenvalue weighted by Gasteiger charge is 2.53. The molecule has 0 radical (unpaired) electrons. The standard InChI is InChI=1S/C23H42FNO15/c24-6-9-19(14(30)17(33)21(36-9)35-5-3-1-2-4-25)39-23-18(34)15(31)20(11(8-27)38-23)40-22-16(32)13(29)12(28)10(7-26)37-22/h9-23,26-34H,1-8,25H2/t9?,10?,11?,12-,13?,14?,15?,16?,17?,18?,19+,20-,21+,22+,23-/m0/s1. The number of halogens is 1. The van der Waals surface area contributed by atoms with Crippen LogP contribution in [0.5, 0.6) is 0 Å². The van der Waals surface area contributed by atoms with Crippen LogP contribution in [0.15, 0.2) is 0 Å². The molecule has 15 atom stereocenters. The summed E-state index contributed by atoms with van der Waals surface area (Å²) in [6, 6.07) is 0. The lowest BCUT2D eigenvalue weighted by Gasteiger charge is -2.48. The van der Waals surface area contributed by atoms with Crippen molar-refractivity contribution in [1.29, 1.82) is 0 Å². The maximum absolute atomic E-state index is 13.9. The number of aliphatic hydroxyl groups excluding tert-OH is 9. The van der Waals surface area contributed by atoms with Crippen LogP contribution in [0.25, 0.3) is 0 Å². The minimum atomic E-state index is -1.93. The summed E-state index contributed by atoms with van der Waals surface area (Å²) in [6.45, 7) is -2.09. The summed E-state index contributed by atoms with van der Waals surface area (Å²) in [5.74, 6) is 0. The molecule has 9 unspecified atom stereocenters. The van der Waals surface area contributed by atoms with Gasteiger partial charge in [0, 0.05) is 6.61 Å². The summed E-state index contributed by atoms with van der Waals surface area (Å²) < 4.78 is 46.5. The van der Waals surface area contributed by atoms with Gasteiger partial charge in [-0.3, -0.25) is 0 Å². The van der Waals surface area contributed by atoms with Crippen LogP contribution in [0.4, 0.5) is 4.39 Å². The van der Waals surface area contributed by atoms with Crippen molar-refractivity contribution in [3.63, 3.8) is 0 Å². The average molecular weight is 592 g/mol. The van der Waals surface area contributed by atoms with Crippen LogP contribution in [0.2, 0.25) is 0 Å². The van der Waals surface area contributed by atoms with Gasteiger partial charge in [-0.05, 0) is 25.8 Å². The Morgan fingerprint density at radius 1 is 0.575 bits per heavy atom. The van der Waals surface area contributed by atoms with E-state index in [1.807, 2.05) is 0 Å². The molecule has 0 saturated carbocycles. The van der Waals surface area contributed by atoms with Gasteiger partial charge in [0.25, 0.3) is 0 Å². The van der Waals surface area contributed by atoms with E-state index in [0.717, 1.165) is 12.8 Å². The molecule has 3 heterocycles. The second kappa shape index (κ2) is 15.7. The molecule has 3 aliphatic heterocycles. The molecule has 0 aromatic carbocycles. The van der Waals surface area contributed by atoms with Crippen molar-refractivity contribution in [2.45, 2.75) is 111 Å². The summed E-state index contributed by atoms with van der Waals surface area (Å²) in [5.41, 5.74) is 5.43. The van der Waals surface area contributed by atoms with E-state index in [-0.39, 0.29) is 6.61 Å². The molecule has 3 rings (SSSR count). The first kappa shape index (κ1) is 33.8. The van der Waals surface area contributed by atoms with Gasteiger partial charge < -0.3 is 80.1 Å². The van der Waals surface area contributed by atoms with Gasteiger partial charge in [-0.2, -0.15) is 0 Å². The molecule has 3 saturated heterocycles. The number of rotatable bonds is 13. The van der Waals surface area contributed by atoms with Crippen molar-refractivity contribution in [2.24, 2.45) is 5.73 Å². The van der Waals surface area contributed by atoms with E-state index < -0.39 is 112 Å². The Hall–Kier alpha value is -0.710. The van der Waals surface area contributed by atoms with Gasteiger partial charge in [-0.25, -0.2) is 4.39 Å². The molecule has 16 nitrogen and oxygen atoms in total. The Balaban J connectivity index is 1.64. The molecule has 17 heteroatoms. The second-order valence-corrected chi connectivity index (χ2v) is 10.0. The van der Waals surface area contributed by atoms with E-state index in [1.165, 1.54) is 0 Å². The summed E-state index contributed by atoms with van der Waals surface area (Å²) >= 11 is 0. The quantitative estimate of drug-likeness (QED) is 0.0896. The van der Waals surface area contributed by atoms with Crippen molar-refractivity contribution in [2.75, 3.05) is 33.0 Å². The van der Waals surface area contributed by atoms with Crippen LogP contribution in [0.1, 0.15) is 19.3 Å². The van der Waals surface area contributed by atoms with Gasteiger partial charge in [0.15, 0.2) is 18.9 Å². The highest BCUT2D eigenvalue weighted by Crippen LogP contribution is 2.32. The van der Waals surface area contributed by atoms with Crippen molar-refractivity contribution in [3.05, 3.63) is 0 Å². The van der Waals surface area contributed by atoms with Gasteiger partial charge in [-0.15, -0.1) is 0 Å². The first-order chi connectivity index (χ1) is 19.1. The average Bonchev–Trinajstić information content (AvgIpc) is 2.95. The van der Waals surface area contributed by atoms with Crippen molar-refractivity contribution < 1.29 is 78.8 Å². The van der Waals surface area contributed by atoms with E-state index >= 15 is 0 Å². The Morgan fingerprint density at radius 3 is 1.62 bits per heavy atom. The molecular formula is C23H42FNO15. The smallest absolute Gasteiger partial charge is 0.187 e. The zero-order valence-corrected chi connectivity index (χ0v) is 21.7. The number of unbranched alkanes of at least 4 members (excludes halogenated alkanes) is 2. The lowest BCUT2D eigenvalue weighted by Crippen LogP contribution is -2.66. The van der Waals surface area contributed by atoms with Crippen LogP contribution in [-0.4, -0.2) is 171 Å². The molecule has 3 aliphatic rings. The van der Waals surface area contributed by atoms with Gasteiger partial charge >= 0.3 is 0 Å². The largest absolute Gasteiger partial charge is 0.394 e. The lowest BCUT2D eigenvalue weighted by molar-refractivity contribution is -0.378. The predicted octanol–water partition coefficient (Wildman–Crippen LogP) is -5.44. The van der Waals surface area contributed by atoms with E-state index in [4.69, 9.17) is 34.2 Å². The highest BCUT2D eigenvalue weighted by molar-refractivity contribution is 4.96. The summed E-state index contributed by atoms with van der Waals surface area (Å²) in [5, 5.41) is 91.9. The molecule has 0 amide bonds. The first-order valence-corrected chi connectivity index (χ1v) is 13.2. The lowest BCUT2D eigenvalue weighted by atomic mass is 9.96. The molecule has 0 bridgehead atoms. The summed E-state index contributed by atoms with van der Waals surface area (Å²) in [7, 11) is 0. The van der Waals surface area contributed by atoms with Crippen LogP contribution in [-0.2, 0) is 28.4 Å². The third-order valence-electron chi connectivity index (χ3n) is 7.17. The predicted molar refractivity (Wildman–Crippen MR) is 127 cm³/mol. The second-order valence-electron chi connectivity index (χ2n) is 10.0. The SMILES string of the molecule is NCCCCCO[C@@H]1OC(CF)[C@@H](O[C@@H]2OC(CO)[C@H](O[C@H]3OC(CO)[C@H](O)C(O)C3O)C(O)C2O)C(O)C1O.